The van der Waals surface area contributed by atoms with Crippen molar-refractivity contribution in [2.45, 2.75) is 26.8 Å². The van der Waals surface area contributed by atoms with Crippen LogP contribution in [0.25, 0.3) is 0 Å². The van der Waals surface area contributed by atoms with E-state index in [0.29, 0.717) is 19.6 Å². The summed E-state index contributed by atoms with van der Waals surface area (Å²) < 4.78 is 10.8. The maximum Gasteiger partial charge on any atom is 0.223 e. The molecule has 1 aromatic carbocycles. The van der Waals surface area contributed by atoms with Crippen molar-refractivity contribution in [3.05, 3.63) is 53.5 Å². The van der Waals surface area contributed by atoms with Crippen LogP contribution in [0.4, 0.5) is 0 Å². The van der Waals surface area contributed by atoms with Crippen molar-refractivity contribution in [3.8, 4) is 5.75 Å². The summed E-state index contributed by atoms with van der Waals surface area (Å²) in [7, 11) is 0. The van der Waals surface area contributed by atoms with Gasteiger partial charge >= 0.3 is 0 Å². The molecular formula is C16H19NO3. The van der Waals surface area contributed by atoms with Gasteiger partial charge in [0, 0.05) is 0 Å². The number of aryl methyl sites for hydroxylation is 2. The number of hydrogen-bond acceptors (Lipinski definition) is 3. The molecule has 0 saturated carbocycles. The Morgan fingerprint density at radius 3 is 2.90 bits per heavy atom. The monoisotopic (exact) mass is 273 g/mol. The van der Waals surface area contributed by atoms with Gasteiger partial charge in [-0.3, -0.25) is 4.79 Å². The first kappa shape index (κ1) is 14.2. The maximum absolute atomic E-state index is 11.6. The van der Waals surface area contributed by atoms with E-state index in [1.54, 1.807) is 12.3 Å². The summed E-state index contributed by atoms with van der Waals surface area (Å²) in [5.74, 6) is 1.53. The Morgan fingerprint density at radius 2 is 2.15 bits per heavy atom. The van der Waals surface area contributed by atoms with E-state index >= 15 is 0 Å². The molecule has 0 saturated heterocycles. The van der Waals surface area contributed by atoms with Crippen LogP contribution >= 0.6 is 0 Å². The lowest BCUT2D eigenvalue weighted by molar-refractivity contribution is -0.121. The van der Waals surface area contributed by atoms with Gasteiger partial charge in [0.25, 0.3) is 0 Å². The number of amides is 1. The normalized spacial score (nSPS) is 10.3. The number of hydrogen-bond donors (Lipinski definition) is 1. The molecule has 1 amide bonds. The number of nitrogens with one attached hydrogen (secondary N) is 1. The Kier molecular flexibility index (Phi) is 4.82. The van der Waals surface area contributed by atoms with E-state index in [9.17, 15) is 4.79 Å². The van der Waals surface area contributed by atoms with Crippen LogP contribution in [-0.2, 0) is 11.3 Å². The summed E-state index contributed by atoms with van der Waals surface area (Å²) in [6.07, 6.45) is 1.92. The van der Waals surface area contributed by atoms with Crippen molar-refractivity contribution in [1.29, 1.82) is 0 Å². The molecule has 0 bridgehead atoms. The molecule has 2 aromatic rings. The molecule has 20 heavy (non-hydrogen) atoms. The Morgan fingerprint density at radius 1 is 1.30 bits per heavy atom. The number of furan rings is 1. The Labute approximate surface area is 118 Å². The molecule has 0 aliphatic rings. The quantitative estimate of drug-likeness (QED) is 0.880. The molecule has 1 heterocycles. The first-order chi connectivity index (χ1) is 9.65. The number of ether oxygens (including phenoxy) is 1. The Balaban J connectivity index is 1.72. The standard InChI is InChI=1S/C16H19NO3/c1-12-5-6-13(2)15(10-12)20-9-7-16(18)17-11-14-4-3-8-19-14/h3-6,8,10H,7,9,11H2,1-2H3,(H,17,18). The molecule has 0 fully saturated rings. The Hall–Kier alpha value is -2.23. The first-order valence-electron chi connectivity index (χ1n) is 6.64. The Bertz CT molecular complexity index is 561. The van der Waals surface area contributed by atoms with Gasteiger partial charge in [-0.2, -0.15) is 0 Å². The average Bonchev–Trinajstić information content (AvgIpc) is 2.93. The fourth-order valence-electron chi connectivity index (χ4n) is 1.80. The lowest BCUT2D eigenvalue weighted by Crippen LogP contribution is -2.24. The third-order valence-electron chi connectivity index (χ3n) is 2.97. The van der Waals surface area contributed by atoms with Crippen molar-refractivity contribution >= 4 is 5.91 Å². The van der Waals surface area contributed by atoms with Gasteiger partial charge < -0.3 is 14.5 Å². The number of rotatable bonds is 6. The molecule has 0 unspecified atom stereocenters. The fourth-order valence-corrected chi connectivity index (χ4v) is 1.80. The molecular weight excluding hydrogens is 254 g/mol. The largest absolute Gasteiger partial charge is 0.493 e. The second kappa shape index (κ2) is 6.80. The van der Waals surface area contributed by atoms with Crippen molar-refractivity contribution in [2.75, 3.05) is 6.61 Å². The van der Waals surface area contributed by atoms with Crippen LogP contribution in [0.15, 0.2) is 41.0 Å². The van der Waals surface area contributed by atoms with Crippen LogP contribution in [0, 0.1) is 13.8 Å². The smallest absolute Gasteiger partial charge is 0.223 e. The number of benzene rings is 1. The lowest BCUT2D eigenvalue weighted by Gasteiger charge is -2.10. The minimum atomic E-state index is -0.0493. The predicted molar refractivity (Wildman–Crippen MR) is 76.6 cm³/mol. The molecule has 1 N–H and O–H groups in total. The lowest BCUT2D eigenvalue weighted by atomic mass is 10.1. The predicted octanol–water partition coefficient (Wildman–Crippen LogP) is 2.98. The molecule has 0 aliphatic heterocycles. The van der Waals surface area contributed by atoms with Crippen molar-refractivity contribution in [3.63, 3.8) is 0 Å². The summed E-state index contributed by atoms with van der Waals surface area (Å²) in [4.78, 5) is 11.6. The molecule has 0 atom stereocenters. The van der Waals surface area contributed by atoms with E-state index in [0.717, 1.165) is 22.6 Å². The maximum atomic E-state index is 11.6. The summed E-state index contributed by atoms with van der Waals surface area (Å²) in [5, 5.41) is 2.78. The zero-order valence-corrected chi connectivity index (χ0v) is 11.8. The van der Waals surface area contributed by atoms with Crippen LogP contribution < -0.4 is 10.1 Å². The third-order valence-corrected chi connectivity index (χ3v) is 2.97. The van der Waals surface area contributed by atoms with Gasteiger partial charge in [-0.15, -0.1) is 0 Å². The first-order valence-corrected chi connectivity index (χ1v) is 6.64. The highest BCUT2D eigenvalue weighted by atomic mass is 16.5. The van der Waals surface area contributed by atoms with Gasteiger partial charge in [-0.25, -0.2) is 0 Å². The highest BCUT2D eigenvalue weighted by Gasteiger charge is 2.05. The topological polar surface area (TPSA) is 51.5 Å². The summed E-state index contributed by atoms with van der Waals surface area (Å²) in [6, 6.07) is 9.66. The van der Waals surface area contributed by atoms with Gasteiger partial charge in [0.2, 0.25) is 5.91 Å². The van der Waals surface area contributed by atoms with Crippen molar-refractivity contribution < 1.29 is 13.9 Å². The number of carbonyl (C=O) groups excluding carboxylic acids is 1. The van der Waals surface area contributed by atoms with E-state index in [4.69, 9.17) is 9.15 Å². The second-order valence-electron chi connectivity index (χ2n) is 4.72. The van der Waals surface area contributed by atoms with Crippen molar-refractivity contribution in [1.82, 2.24) is 5.32 Å². The minimum Gasteiger partial charge on any atom is -0.493 e. The SMILES string of the molecule is Cc1ccc(C)c(OCCC(=O)NCc2ccco2)c1. The van der Waals surface area contributed by atoms with Crippen LogP contribution in [0.2, 0.25) is 0 Å². The second-order valence-corrected chi connectivity index (χ2v) is 4.72. The molecule has 4 nitrogen and oxygen atoms in total. The van der Waals surface area contributed by atoms with Crippen molar-refractivity contribution in [2.24, 2.45) is 0 Å². The van der Waals surface area contributed by atoms with E-state index in [1.165, 1.54) is 0 Å². The highest BCUT2D eigenvalue weighted by molar-refractivity contribution is 5.75. The van der Waals surface area contributed by atoms with Gasteiger partial charge in [-0.05, 0) is 43.2 Å². The minimum absolute atomic E-state index is 0.0493. The third kappa shape index (κ3) is 4.16. The molecule has 0 radical (unpaired) electrons. The molecule has 0 aliphatic carbocycles. The molecule has 1 aromatic heterocycles. The van der Waals surface area contributed by atoms with Crippen LogP contribution in [0.1, 0.15) is 23.3 Å². The molecule has 2 rings (SSSR count). The van der Waals surface area contributed by atoms with Crippen LogP contribution in [0.5, 0.6) is 5.75 Å². The van der Waals surface area contributed by atoms with Gasteiger partial charge in [0.05, 0.1) is 25.8 Å². The summed E-state index contributed by atoms with van der Waals surface area (Å²) >= 11 is 0. The zero-order chi connectivity index (χ0) is 14.4. The van der Waals surface area contributed by atoms with Gasteiger partial charge in [0.15, 0.2) is 0 Å². The van der Waals surface area contributed by atoms with E-state index < -0.39 is 0 Å². The van der Waals surface area contributed by atoms with Gasteiger partial charge in [-0.1, -0.05) is 12.1 Å². The van der Waals surface area contributed by atoms with E-state index in [2.05, 4.69) is 5.32 Å². The highest BCUT2D eigenvalue weighted by Crippen LogP contribution is 2.19. The van der Waals surface area contributed by atoms with E-state index in [-0.39, 0.29) is 5.91 Å². The van der Waals surface area contributed by atoms with Gasteiger partial charge in [0.1, 0.15) is 11.5 Å². The summed E-state index contributed by atoms with van der Waals surface area (Å²) in [6.45, 7) is 4.79. The average molecular weight is 273 g/mol. The fraction of sp³-hybridized carbons (Fsp3) is 0.312. The molecule has 0 spiro atoms. The van der Waals surface area contributed by atoms with Crippen LogP contribution in [-0.4, -0.2) is 12.5 Å². The number of carbonyl (C=O) groups is 1. The van der Waals surface area contributed by atoms with E-state index in [1.807, 2.05) is 38.1 Å². The molecule has 4 heteroatoms. The zero-order valence-electron chi connectivity index (χ0n) is 11.8. The van der Waals surface area contributed by atoms with Crippen LogP contribution in [0.3, 0.4) is 0 Å². The molecule has 106 valence electrons. The summed E-state index contributed by atoms with van der Waals surface area (Å²) in [5.41, 5.74) is 2.22.